The number of amides is 1. The van der Waals surface area contributed by atoms with Crippen molar-refractivity contribution in [2.75, 3.05) is 12.4 Å². The van der Waals surface area contributed by atoms with Gasteiger partial charge in [-0.2, -0.15) is 0 Å². The molecule has 0 fully saturated rings. The first-order chi connectivity index (χ1) is 11.2. The highest BCUT2D eigenvalue weighted by Gasteiger charge is 2.15. The lowest BCUT2D eigenvalue weighted by atomic mass is 10.1. The normalized spacial score (nSPS) is 11.1. The van der Waals surface area contributed by atoms with Gasteiger partial charge >= 0.3 is 0 Å². The molecule has 0 aliphatic carbocycles. The number of rotatable bonds is 5. The summed E-state index contributed by atoms with van der Waals surface area (Å²) in [4.78, 5) is 22.5. The summed E-state index contributed by atoms with van der Waals surface area (Å²) >= 11 is 0. The summed E-state index contributed by atoms with van der Waals surface area (Å²) in [5, 5.41) is 13.4. The molecule has 8 nitrogen and oxygen atoms in total. The first-order valence-corrected chi connectivity index (χ1v) is 8.33. The molecule has 0 unspecified atom stereocenters. The molecule has 0 aromatic heterocycles. The van der Waals surface area contributed by atoms with E-state index in [0.717, 1.165) is 0 Å². The van der Waals surface area contributed by atoms with E-state index in [1.165, 1.54) is 49.5 Å². The Morgan fingerprint density at radius 2 is 1.75 bits per heavy atom. The van der Waals surface area contributed by atoms with Crippen LogP contribution in [-0.4, -0.2) is 26.3 Å². The summed E-state index contributed by atoms with van der Waals surface area (Å²) in [6.07, 6.45) is 0. The van der Waals surface area contributed by atoms with Gasteiger partial charge in [0.2, 0.25) is 10.0 Å². The van der Waals surface area contributed by atoms with E-state index in [9.17, 15) is 23.3 Å². The number of anilines is 1. The zero-order chi connectivity index (χ0) is 17.9. The highest BCUT2D eigenvalue weighted by Crippen LogP contribution is 2.20. The average Bonchev–Trinajstić information content (AvgIpc) is 2.54. The Bertz CT molecular complexity index is 892. The number of nitrogens with zero attached hydrogens (tertiary/aromatic N) is 1. The van der Waals surface area contributed by atoms with Gasteiger partial charge < -0.3 is 5.32 Å². The summed E-state index contributed by atoms with van der Waals surface area (Å²) in [6, 6.07) is 9.70. The number of nitro groups is 1. The van der Waals surface area contributed by atoms with Crippen molar-refractivity contribution >= 4 is 27.3 Å². The van der Waals surface area contributed by atoms with Crippen LogP contribution in [0.4, 0.5) is 11.4 Å². The monoisotopic (exact) mass is 349 g/mol. The van der Waals surface area contributed by atoms with E-state index in [-0.39, 0.29) is 16.1 Å². The third-order valence-electron chi connectivity index (χ3n) is 3.35. The standard InChI is InChI=1S/C15H15N3O5S/c1-10-9-11(3-8-14(10)18(20)21)15(19)17-12-4-6-13(7-5-12)24(22,23)16-2/h3-9,16H,1-2H3,(H,17,19). The average molecular weight is 349 g/mol. The van der Waals surface area contributed by atoms with Crippen LogP contribution in [0.3, 0.4) is 0 Å². The lowest BCUT2D eigenvalue weighted by molar-refractivity contribution is -0.385. The highest BCUT2D eigenvalue weighted by molar-refractivity contribution is 7.89. The molecule has 2 N–H and O–H groups in total. The van der Waals surface area contributed by atoms with E-state index in [1.54, 1.807) is 6.92 Å². The number of nitrogens with one attached hydrogen (secondary N) is 2. The van der Waals surface area contributed by atoms with Gasteiger partial charge in [0.1, 0.15) is 0 Å². The van der Waals surface area contributed by atoms with Crippen molar-refractivity contribution in [2.45, 2.75) is 11.8 Å². The number of benzene rings is 2. The second kappa shape index (κ2) is 6.77. The predicted molar refractivity (Wildman–Crippen MR) is 88.5 cm³/mol. The minimum Gasteiger partial charge on any atom is -0.322 e. The van der Waals surface area contributed by atoms with E-state index in [2.05, 4.69) is 10.0 Å². The first-order valence-electron chi connectivity index (χ1n) is 6.84. The smallest absolute Gasteiger partial charge is 0.272 e. The van der Waals surface area contributed by atoms with Crippen molar-refractivity contribution in [3.05, 3.63) is 63.7 Å². The summed E-state index contributed by atoms with van der Waals surface area (Å²) in [5.41, 5.74) is 0.993. The van der Waals surface area contributed by atoms with Crippen LogP contribution in [0.2, 0.25) is 0 Å². The third-order valence-corrected chi connectivity index (χ3v) is 4.78. The molecule has 2 aromatic carbocycles. The highest BCUT2D eigenvalue weighted by atomic mass is 32.2. The molecule has 24 heavy (non-hydrogen) atoms. The fourth-order valence-electron chi connectivity index (χ4n) is 2.04. The van der Waals surface area contributed by atoms with Crippen LogP contribution in [0.5, 0.6) is 0 Å². The van der Waals surface area contributed by atoms with Crippen molar-refractivity contribution in [1.29, 1.82) is 0 Å². The number of aryl methyl sites for hydroxylation is 1. The SMILES string of the molecule is CNS(=O)(=O)c1ccc(NC(=O)c2ccc([N+](=O)[O-])c(C)c2)cc1. The zero-order valence-electron chi connectivity index (χ0n) is 12.9. The minimum atomic E-state index is -3.54. The fraction of sp³-hybridized carbons (Fsp3) is 0.133. The lowest BCUT2D eigenvalue weighted by Crippen LogP contribution is -2.18. The van der Waals surface area contributed by atoms with E-state index >= 15 is 0 Å². The number of hydrogen-bond donors (Lipinski definition) is 2. The number of sulfonamides is 1. The van der Waals surface area contributed by atoms with Gasteiger partial charge in [-0.1, -0.05) is 0 Å². The molecule has 0 heterocycles. The van der Waals surface area contributed by atoms with Crippen molar-refractivity contribution < 1.29 is 18.1 Å². The molecule has 1 amide bonds. The zero-order valence-corrected chi connectivity index (χ0v) is 13.8. The number of carbonyl (C=O) groups excluding carboxylic acids is 1. The Morgan fingerprint density at radius 3 is 2.25 bits per heavy atom. The molecule has 0 aliphatic heterocycles. The third kappa shape index (κ3) is 3.76. The van der Waals surface area contributed by atoms with Crippen LogP contribution in [0.25, 0.3) is 0 Å². The Morgan fingerprint density at radius 1 is 1.12 bits per heavy atom. The maximum absolute atomic E-state index is 12.2. The quantitative estimate of drug-likeness (QED) is 0.633. The second-order valence-electron chi connectivity index (χ2n) is 4.94. The molecule has 0 radical (unpaired) electrons. The molecule has 2 rings (SSSR count). The summed E-state index contributed by atoms with van der Waals surface area (Å²) < 4.78 is 25.4. The van der Waals surface area contributed by atoms with Crippen molar-refractivity contribution in [1.82, 2.24) is 4.72 Å². The van der Waals surface area contributed by atoms with Gasteiger partial charge in [-0.15, -0.1) is 0 Å². The summed E-state index contributed by atoms with van der Waals surface area (Å²) in [7, 11) is -2.23. The fourth-order valence-corrected chi connectivity index (χ4v) is 2.77. The molecule has 9 heteroatoms. The molecule has 0 saturated heterocycles. The molecular weight excluding hydrogens is 334 g/mol. The molecule has 0 saturated carbocycles. The Hall–Kier alpha value is -2.78. The van der Waals surface area contributed by atoms with Crippen LogP contribution < -0.4 is 10.0 Å². The van der Waals surface area contributed by atoms with Gasteiger partial charge in [-0.25, -0.2) is 13.1 Å². The van der Waals surface area contributed by atoms with Crippen LogP contribution in [0.15, 0.2) is 47.4 Å². The van der Waals surface area contributed by atoms with Crippen LogP contribution in [0.1, 0.15) is 15.9 Å². The van der Waals surface area contributed by atoms with Crippen LogP contribution in [-0.2, 0) is 10.0 Å². The molecule has 0 atom stereocenters. The first kappa shape index (κ1) is 17.6. The summed E-state index contributed by atoms with van der Waals surface area (Å²) in [6.45, 7) is 1.55. The van der Waals surface area contributed by atoms with Crippen LogP contribution in [0, 0.1) is 17.0 Å². The Kier molecular flexibility index (Phi) is 4.96. The van der Waals surface area contributed by atoms with Crippen molar-refractivity contribution in [3.63, 3.8) is 0 Å². The van der Waals surface area contributed by atoms with E-state index < -0.39 is 20.9 Å². The van der Waals surface area contributed by atoms with Gasteiger partial charge in [0.05, 0.1) is 9.82 Å². The molecule has 126 valence electrons. The second-order valence-corrected chi connectivity index (χ2v) is 6.83. The van der Waals surface area contributed by atoms with Crippen molar-refractivity contribution in [2.24, 2.45) is 0 Å². The topological polar surface area (TPSA) is 118 Å². The van der Waals surface area contributed by atoms with E-state index in [1.807, 2.05) is 0 Å². The number of nitro benzene ring substituents is 1. The maximum atomic E-state index is 12.2. The molecule has 0 aliphatic rings. The summed E-state index contributed by atoms with van der Waals surface area (Å²) in [5.74, 6) is -0.447. The molecule has 0 spiro atoms. The largest absolute Gasteiger partial charge is 0.322 e. The Balaban J connectivity index is 2.18. The van der Waals surface area contributed by atoms with Gasteiger partial charge in [-0.3, -0.25) is 14.9 Å². The predicted octanol–water partition coefficient (Wildman–Crippen LogP) is 2.06. The van der Waals surface area contributed by atoms with Crippen molar-refractivity contribution in [3.8, 4) is 0 Å². The molecule has 0 bridgehead atoms. The van der Waals surface area contributed by atoms with Gasteiger partial charge in [0.15, 0.2) is 0 Å². The van der Waals surface area contributed by atoms with Gasteiger partial charge in [-0.05, 0) is 50.4 Å². The van der Waals surface area contributed by atoms with Gasteiger partial charge in [0.25, 0.3) is 11.6 Å². The number of hydrogen-bond acceptors (Lipinski definition) is 5. The maximum Gasteiger partial charge on any atom is 0.272 e. The van der Waals surface area contributed by atoms with Gasteiger partial charge in [0, 0.05) is 22.9 Å². The molecular formula is C15H15N3O5S. The minimum absolute atomic E-state index is 0.0619. The van der Waals surface area contributed by atoms with E-state index in [4.69, 9.17) is 0 Å². The van der Waals surface area contributed by atoms with Crippen LogP contribution >= 0.6 is 0 Å². The molecule has 2 aromatic rings. The van der Waals surface area contributed by atoms with E-state index in [0.29, 0.717) is 11.3 Å². The Labute approximate surface area is 138 Å². The number of carbonyl (C=O) groups is 1. The lowest BCUT2D eigenvalue weighted by Gasteiger charge is -2.07.